The Balaban J connectivity index is 2.36. The Morgan fingerprint density at radius 2 is 1.67 bits per heavy atom. The minimum Gasteiger partial charge on any atom is -0.397 e. The summed E-state index contributed by atoms with van der Waals surface area (Å²) in [5.41, 5.74) is 10.1. The summed E-state index contributed by atoms with van der Waals surface area (Å²) in [7, 11) is 0. The quantitative estimate of drug-likeness (QED) is 0.800. The number of nitrogens with one attached hydrogen (secondary N) is 1. The minimum absolute atomic E-state index is 0.337. The Morgan fingerprint density at radius 1 is 1.06 bits per heavy atom. The van der Waals surface area contributed by atoms with E-state index in [1.165, 1.54) is 6.07 Å². The van der Waals surface area contributed by atoms with Crippen molar-refractivity contribution in [2.45, 2.75) is 13.8 Å². The minimum atomic E-state index is -0.337. The molecule has 0 aliphatic carbocycles. The Morgan fingerprint density at radius 3 is 2.28 bits per heavy atom. The summed E-state index contributed by atoms with van der Waals surface area (Å²) in [6, 6.07) is 9.01. The molecule has 0 atom stereocenters. The smallest absolute Gasteiger partial charge is 0.139 e. The van der Waals surface area contributed by atoms with Crippen LogP contribution in [0.2, 0.25) is 0 Å². The highest BCUT2D eigenvalue weighted by molar-refractivity contribution is 9.10. The van der Waals surface area contributed by atoms with Crippen LogP contribution in [0, 0.1) is 19.7 Å². The molecule has 0 aromatic heterocycles. The van der Waals surface area contributed by atoms with Crippen LogP contribution in [0.3, 0.4) is 0 Å². The van der Waals surface area contributed by atoms with Crippen LogP contribution in [0.25, 0.3) is 0 Å². The third kappa shape index (κ3) is 2.82. The second-order valence-electron chi connectivity index (χ2n) is 4.35. The van der Waals surface area contributed by atoms with Gasteiger partial charge >= 0.3 is 0 Å². The van der Waals surface area contributed by atoms with Crippen molar-refractivity contribution in [1.82, 2.24) is 0 Å². The number of anilines is 3. The third-order valence-corrected chi connectivity index (χ3v) is 3.20. The van der Waals surface area contributed by atoms with Gasteiger partial charge in [-0.1, -0.05) is 6.07 Å². The van der Waals surface area contributed by atoms with Crippen molar-refractivity contribution in [1.29, 1.82) is 0 Å². The Labute approximate surface area is 114 Å². The summed E-state index contributed by atoms with van der Waals surface area (Å²) in [6.45, 7) is 4.04. The number of nitrogens with two attached hydrogens (primary N) is 1. The maximum atomic E-state index is 13.5. The van der Waals surface area contributed by atoms with Gasteiger partial charge < -0.3 is 11.1 Å². The van der Waals surface area contributed by atoms with Crippen molar-refractivity contribution in [3.63, 3.8) is 0 Å². The molecule has 0 bridgehead atoms. The topological polar surface area (TPSA) is 38.0 Å². The van der Waals surface area contributed by atoms with Gasteiger partial charge in [0.05, 0.1) is 15.8 Å². The van der Waals surface area contributed by atoms with Gasteiger partial charge in [0.2, 0.25) is 0 Å². The van der Waals surface area contributed by atoms with E-state index in [4.69, 9.17) is 5.73 Å². The van der Waals surface area contributed by atoms with E-state index in [1.807, 2.05) is 26.0 Å². The fourth-order valence-electron chi connectivity index (χ4n) is 1.87. The molecule has 2 aromatic carbocycles. The Bertz CT molecular complexity index is 576. The van der Waals surface area contributed by atoms with E-state index in [-0.39, 0.29) is 5.82 Å². The zero-order chi connectivity index (χ0) is 13.3. The summed E-state index contributed by atoms with van der Waals surface area (Å²) in [5, 5.41) is 3.14. The number of rotatable bonds is 2. The summed E-state index contributed by atoms with van der Waals surface area (Å²) < 4.78 is 13.8. The summed E-state index contributed by atoms with van der Waals surface area (Å²) >= 11 is 3.11. The van der Waals surface area contributed by atoms with Crippen LogP contribution in [0.15, 0.2) is 34.8 Å². The molecule has 0 fully saturated rings. The van der Waals surface area contributed by atoms with E-state index in [2.05, 4.69) is 27.3 Å². The predicted molar refractivity (Wildman–Crippen MR) is 77.7 cm³/mol. The van der Waals surface area contributed by atoms with Gasteiger partial charge in [-0.15, -0.1) is 0 Å². The summed E-state index contributed by atoms with van der Waals surface area (Å²) in [6.07, 6.45) is 0. The molecule has 4 heteroatoms. The van der Waals surface area contributed by atoms with Crippen LogP contribution < -0.4 is 11.1 Å². The van der Waals surface area contributed by atoms with E-state index in [0.717, 1.165) is 16.8 Å². The second-order valence-corrected chi connectivity index (χ2v) is 5.21. The highest BCUT2D eigenvalue weighted by atomic mass is 79.9. The first-order chi connectivity index (χ1) is 8.45. The lowest BCUT2D eigenvalue weighted by molar-refractivity contribution is 0.622. The van der Waals surface area contributed by atoms with Crippen molar-refractivity contribution in [3.8, 4) is 0 Å². The first kappa shape index (κ1) is 12.9. The molecule has 0 aliphatic heterocycles. The predicted octanol–water partition coefficient (Wildman–Crippen LogP) is 4.53. The normalized spacial score (nSPS) is 10.4. The molecule has 0 saturated carbocycles. The van der Waals surface area contributed by atoms with Crippen LogP contribution in [0.4, 0.5) is 21.5 Å². The molecule has 94 valence electrons. The maximum Gasteiger partial charge on any atom is 0.139 e. The SMILES string of the molecule is Cc1cc(C)cc(Nc2cc(F)c(Br)cc2N)c1. The molecule has 2 aromatic rings. The molecular weight excluding hydrogens is 295 g/mol. The van der Waals surface area contributed by atoms with Gasteiger partial charge in [-0.25, -0.2) is 4.39 Å². The lowest BCUT2D eigenvalue weighted by Crippen LogP contribution is -1.98. The number of nitrogen functional groups attached to an aromatic ring is 1. The molecule has 0 radical (unpaired) electrons. The van der Waals surface area contributed by atoms with Crippen molar-refractivity contribution in [2.75, 3.05) is 11.1 Å². The molecule has 2 rings (SSSR count). The molecule has 0 spiro atoms. The van der Waals surface area contributed by atoms with Gasteiger partial charge in [-0.3, -0.25) is 0 Å². The number of hydrogen-bond acceptors (Lipinski definition) is 2. The van der Waals surface area contributed by atoms with Gasteiger partial charge in [0.15, 0.2) is 0 Å². The Kier molecular flexibility index (Phi) is 3.57. The number of hydrogen-bond donors (Lipinski definition) is 2. The molecule has 0 heterocycles. The second kappa shape index (κ2) is 4.98. The van der Waals surface area contributed by atoms with E-state index in [1.54, 1.807) is 6.07 Å². The van der Waals surface area contributed by atoms with Gasteiger partial charge in [0.1, 0.15) is 5.82 Å². The van der Waals surface area contributed by atoms with Crippen LogP contribution in [0.5, 0.6) is 0 Å². The van der Waals surface area contributed by atoms with E-state index < -0.39 is 0 Å². The molecule has 0 aliphatic rings. The highest BCUT2D eigenvalue weighted by Gasteiger charge is 2.06. The summed E-state index contributed by atoms with van der Waals surface area (Å²) in [5.74, 6) is -0.337. The number of halogens is 2. The van der Waals surface area contributed by atoms with Crippen molar-refractivity contribution in [2.24, 2.45) is 0 Å². The molecule has 0 amide bonds. The summed E-state index contributed by atoms with van der Waals surface area (Å²) in [4.78, 5) is 0. The van der Waals surface area contributed by atoms with Crippen LogP contribution in [-0.2, 0) is 0 Å². The first-order valence-corrected chi connectivity index (χ1v) is 6.35. The van der Waals surface area contributed by atoms with Gasteiger partial charge in [0, 0.05) is 11.8 Å². The zero-order valence-corrected chi connectivity index (χ0v) is 11.8. The molecule has 0 saturated heterocycles. The average Bonchev–Trinajstić information content (AvgIpc) is 2.24. The lowest BCUT2D eigenvalue weighted by Gasteiger charge is -2.11. The molecular formula is C14H14BrFN2. The van der Waals surface area contributed by atoms with E-state index in [0.29, 0.717) is 15.8 Å². The molecule has 0 unspecified atom stereocenters. The largest absolute Gasteiger partial charge is 0.397 e. The first-order valence-electron chi connectivity index (χ1n) is 5.55. The van der Waals surface area contributed by atoms with Crippen LogP contribution in [-0.4, -0.2) is 0 Å². The van der Waals surface area contributed by atoms with E-state index in [9.17, 15) is 4.39 Å². The molecule has 2 nitrogen and oxygen atoms in total. The average molecular weight is 309 g/mol. The number of aryl methyl sites for hydroxylation is 2. The van der Waals surface area contributed by atoms with E-state index >= 15 is 0 Å². The van der Waals surface area contributed by atoms with Crippen molar-refractivity contribution in [3.05, 3.63) is 51.7 Å². The Hall–Kier alpha value is -1.55. The van der Waals surface area contributed by atoms with Gasteiger partial charge in [-0.05, 0) is 59.1 Å². The van der Waals surface area contributed by atoms with Gasteiger partial charge in [0.25, 0.3) is 0 Å². The standard InChI is InChI=1S/C14H14BrFN2/c1-8-3-9(2)5-10(4-8)18-14-7-12(16)11(15)6-13(14)17/h3-7,18H,17H2,1-2H3. The van der Waals surface area contributed by atoms with Crippen molar-refractivity contribution < 1.29 is 4.39 Å². The number of benzene rings is 2. The highest BCUT2D eigenvalue weighted by Crippen LogP contribution is 2.29. The van der Waals surface area contributed by atoms with Crippen LogP contribution >= 0.6 is 15.9 Å². The fourth-order valence-corrected chi connectivity index (χ4v) is 2.23. The lowest BCUT2D eigenvalue weighted by atomic mass is 10.1. The van der Waals surface area contributed by atoms with Gasteiger partial charge in [-0.2, -0.15) is 0 Å². The fraction of sp³-hybridized carbons (Fsp3) is 0.143. The third-order valence-electron chi connectivity index (χ3n) is 2.59. The van der Waals surface area contributed by atoms with Crippen LogP contribution in [0.1, 0.15) is 11.1 Å². The maximum absolute atomic E-state index is 13.5. The van der Waals surface area contributed by atoms with Crippen molar-refractivity contribution >= 4 is 33.0 Å². The zero-order valence-electron chi connectivity index (χ0n) is 10.2. The molecule has 18 heavy (non-hydrogen) atoms. The molecule has 3 N–H and O–H groups in total. The monoisotopic (exact) mass is 308 g/mol.